The molecule has 3 aromatic rings. The molecule has 2 aromatic heterocycles. The number of thioether (sulfide) groups is 1. The van der Waals surface area contributed by atoms with Crippen molar-refractivity contribution in [3.05, 3.63) is 49.6 Å². The lowest BCUT2D eigenvalue weighted by Crippen LogP contribution is -2.25. The van der Waals surface area contributed by atoms with Crippen LogP contribution in [0.25, 0.3) is 10.9 Å². The molecule has 3 rings (SSSR count). The maximum atomic E-state index is 13.1. The van der Waals surface area contributed by atoms with Crippen LogP contribution in [0.5, 0.6) is 0 Å². The minimum Gasteiger partial charge on any atom is -0.462 e. The normalized spacial score (nSPS) is 11.1. The summed E-state index contributed by atoms with van der Waals surface area (Å²) < 4.78 is 6.72. The average molecular weight is 477 g/mol. The third-order valence-corrected chi connectivity index (χ3v) is 6.66. The second-order valence-corrected chi connectivity index (χ2v) is 9.57. The van der Waals surface area contributed by atoms with E-state index in [0.29, 0.717) is 38.1 Å². The fourth-order valence-corrected chi connectivity index (χ4v) is 5.28. The summed E-state index contributed by atoms with van der Waals surface area (Å²) in [5.41, 5.74) is 7.06. The van der Waals surface area contributed by atoms with E-state index in [4.69, 9.17) is 22.1 Å². The highest BCUT2D eigenvalue weighted by Crippen LogP contribution is 2.35. The van der Waals surface area contributed by atoms with E-state index in [1.807, 2.05) is 13.8 Å². The summed E-state index contributed by atoms with van der Waals surface area (Å²) in [5, 5.41) is 11.2. The number of anilines is 1. The van der Waals surface area contributed by atoms with Crippen molar-refractivity contribution >= 4 is 56.6 Å². The summed E-state index contributed by atoms with van der Waals surface area (Å²) in [7, 11) is 0. The van der Waals surface area contributed by atoms with Crippen LogP contribution in [-0.2, 0) is 17.0 Å². The quantitative estimate of drug-likeness (QED) is 0.299. The first kappa shape index (κ1) is 23.1. The van der Waals surface area contributed by atoms with Gasteiger partial charge in [-0.3, -0.25) is 9.36 Å². The number of fused-ring (bicyclic) bond motifs is 1. The molecule has 0 saturated heterocycles. The van der Waals surface area contributed by atoms with Crippen LogP contribution in [0, 0.1) is 17.2 Å². The van der Waals surface area contributed by atoms with Gasteiger partial charge in [0.1, 0.15) is 15.9 Å². The van der Waals surface area contributed by atoms with Gasteiger partial charge in [-0.25, -0.2) is 9.78 Å². The van der Waals surface area contributed by atoms with Crippen LogP contribution in [0.2, 0.25) is 5.02 Å². The Balaban J connectivity index is 2.07. The van der Waals surface area contributed by atoms with E-state index in [1.54, 1.807) is 29.7 Å². The number of benzene rings is 1. The van der Waals surface area contributed by atoms with Gasteiger partial charge in [0, 0.05) is 22.9 Å². The SMILES string of the molecule is CCOC(=O)c1sc(N)c(C#N)c1CSc1nc2ccc(Cl)cc2c(=O)n1CC(C)C. The molecule has 0 bridgehead atoms. The third kappa shape index (κ3) is 4.87. The zero-order valence-corrected chi connectivity index (χ0v) is 19.7. The first-order valence-corrected chi connectivity index (χ1v) is 11.8. The molecule has 0 unspecified atom stereocenters. The first-order chi connectivity index (χ1) is 14.8. The molecule has 0 fully saturated rings. The Labute approximate surface area is 192 Å². The molecule has 0 radical (unpaired) electrons. The van der Waals surface area contributed by atoms with Crippen LogP contribution in [-0.4, -0.2) is 22.1 Å². The molecule has 7 nitrogen and oxygen atoms in total. The number of hydrogen-bond acceptors (Lipinski definition) is 8. The van der Waals surface area contributed by atoms with Gasteiger partial charge in [-0.05, 0) is 31.0 Å². The maximum absolute atomic E-state index is 13.1. The van der Waals surface area contributed by atoms with Crippen LogP contribution in [0.3, 0.4) is 0 Å². The van der Waals surface area contributed by atoms with E-state index < -0.39 is 5.97 Å². The number of nitrogens with zero attached hydrogens (tertiary/aromatic N) is 3. The fourth-order valence-electron chi connectivity index (χ4n) is 3.05. The lowest BCUT2D eigenvalue weighted by Gasteiger charge is -2.15. The number of halogens is 1. The van der Waals surface area contributed by atoms with E-state index in [1.165, 1.54) is 11.8 Å². The summed E-state index contributed by atoms with van der Waals surface area (Å²) in [6.07, 6.45) is 0. The number of nitriles is 1. The molecule has 162 valence electrons. The van der Waals surface area contributed by atoms with Crippen molar-refractivity contribution in [3.8, 4) is 6.07 Å². The van der Waals surface area contributed by atoms with Crippen LogP contribution in [0.1, 0.15) is 41.6 Å². The Morgan fingerprint density at radius 2 is 2.19 bits per heavy atom. The van der Waals surface area contributed by atoms with Gasteiger partial charge in [-0.15, -0.1) is 11.3 Å². The smallest absolute Gasteiger partial charge is 0.348 e. The predicted molar refractivity (Wildman–Crippen MR) is 125 cm³/mol. The minimum atomic E-state index is -0.517. The van der Waals surface area contributed by atoms with Gasteiger partial charge >= 0.3 is 5.97 Å². The van der Waals surface area contributed by atoms with Crippen molar-refractivity contribution < 1.29 is 9.53 Å². The van der Waals surface area contributed by atoms with Crippen molar-refractivity contribution in [1.29, 1.82) is 5.26 Å². The summed E-state index contributed by atoms with van der Waals surface area (Å²) >= 11 is 8.39. The molecular formula is C21H21ClN4O3S2. The number of aromatic nitrogens is 2. The molecule has 0 amide bonds. The fraction of sp³-hybridized carbons (Fsp3) is 0.333. The van der Waals surface area contributed by atoms with Crippen molar-refractivity contribution in [3.63, 3.8) is 0 Å². The number of nitrogen functional groups attached to an aromatic ring is 1. The highest BCUT2D eigenvalue weighted by Gasteiger charge is 2.24. The van der Waals surface area contributed by atoms with Gasteiger partial charge < -0.3 is 10.5 Å². The topological polar surface area (TPSA) is 111 Å². The lowest BCUT2D eigenvalue weighted by molar-refractivity contribution is 0.0531. The van der Waals surface area contributed by atoms with E-state index in [-0.39, 0.29) is 34.4 Å². The Morgan fingerprint density at radius 1 is 1.45 bits per heavy atom. The maximum Gasteiger partial charge on any atom is 0.348 e. The largest absolute Gasteiger partial charge is 0.462 e. The highest BCUT2D eigenvalue weighted by atomic mass is 35.5. The molecular weight excluding hydrogens is 456 g/mol. The van der Waals surface area contributed by atoms with Crippen molar-refractivity contribution in [2.24, 2.45) is 5.92 Å². The zero-order valence-electron chi connectivity index (χ0n) is 17.3. The Morgan fingerprint density at radius 3 is 2.84 bits per heavy atom. The standard InChI is InChI=1S/C21H21ClN4O3S2/c1-4-29-20(28)17-15(14(8-23)18(24)31-17)10-30-21-25-16-6-5-12(22)7-13(16)19(27)26(21)9-11(2)3/h5-7,11H,4,9-10,24H2,1-3H3. The molecule has 0 aliphatic carbocycles. The molecule has 0 saturated carbocycles. The number of esters is 1. The summed E-state index contributed by atoms with van der Waals surface area (Å²) in [6.45, 7) is 6.42. The van der Waals surface area contributed by atoms with Crippen molar-refractivity contribution in [2.75, 3.05) is 12.3 Å². The molecule has 10 heteroatoms. The van der Waals surface area contributed by atoms with Gasteiger partial charge in [-0.1, -0.05) is 37.2 Å². The van der Waals surface area contributed by atoms with Crippen LogP contribution < -0.4 is 11.3 Å². The monoisotopic (exact) mass is 476 g/mol. The highest BCUT2D eigenvalue weighted by molar-refractivity contribution is 7.98. The number of ether oxygens (including phenoxy) is 1. The van der Waals surface area contributed by atoms with Crippen molar-refractivity contribution in [2.45, 2.75) is 38.2 Å². The second kappa shape index (κ2) is 9.73. The number of carbonyl (C=O) groups excluding carboxylic acids is 1. The second-order valence-electron chi connectivity index (χ2n) is 7.14. The number of rotatable bonds is 7. The van der Waals surface area contributed by atoms with Gasteiger partial charge in [0.25, 0.3) is 5.56 Å². The molecule has 2 heterocycles. The molecule has 0 aliphatic rings. The predicted octanol–water partition coefficient (Wildman–Crippen LogP) is 4.69. The summed E-state index contributed by atoms with van der Waals surface area (Å²) in [5.74, 6) is -0.0667. The molecule has 0 aliphatic heterocycles. The number of hydrogen-bond donors (Lipinski definition) is 1. The molecule has 1 aromatic carbocycles. The zero-order chi connectivity index (χ0) is 22.7. The van der Waals surface area contributed by atoms with Gasteiger partial charge in [0.15, 0.2) is 5.16 Å². The van der Waals surface area contributed by atoms with E-state index in [2.05, 4.69) is 11.1 Å². The first-order valence-electron chi connectivity index (χ1n) is 9.58. The third-order valence-electron chi connectivity index (χ3n) is 4.38. The Kier molecular flexibility index (Phi) is 7.26. The van der Waals surface area contributed by atoms with Gasteiger partial charge in [0.05, 0.1) is 23.1 Å². The average Bonchev–Trinajstić information content (AvgIpc) is 3.04. The van der Waals surface area contributed by atoms with Crippen LogP contribution in [0.4, 0.5) is 5.00 Å². The number of carbonyl (C=O) groups is 1. The Bertz CT molecular complexity index is 1240. The van der Waals surface area contributed by atoms with Crippen LogP contribution >= 0.6 is 34.7 Å². The minimum absolute atomic E-state index is 0.181. The number of thiophene rings is 1. The number of nitrogens with two attached hydrogens (primary N) is 1. The van der Waals surface area contributed by atoms with Gasteiger partial charge in [-0.2, -0.15) is 5.26 Å². The molecule has 0 spiro atoms. The van der Waals surface area contributed by atoms with Gasteiger partial charge in [0.2, 0.25) is 0 Å². The van der Waals surface area contributed by atoms with Crippen LogP contribution in [0.15, 0.2) is 28.2 Å². The Hall–Kier alpha value is -2.54. The lowest BCUT2D eigenvalue weighted by atomic mass is 10.2. The van der Waals surface area contributed by atoms with E-state index in [9.17, 15) is 14.9 Å². The van der Waals surface area contributed by atoms with E-state index >= 15 is 0 Å². The molecule has 0 atom stereocenters. The molecule has 31 heavy (non-hydrogen) atoms. The molecule has 2 N–H and O–H groups in total. The van der Waals surface area contributed by atoms with E-state index in [0.717, 1.165) is 11.3 Å². The summed E-state index contributed by atoms with van der Waals surface area (Å²) in [6, 6.07) is 7.08. The summed E-state index contributed by atoms with van der Waals surface area (Å²) in [4.78, 5) is 30.5. The van der Waals surface area contributed by atoms with Crippen molar-refractivity contribution in [1.82, 2.24) is 9.55 Å².